The van der Waals surface area contributed by atoms with E-state index in [-0.39, 0.29) is 17.9 Å². The van der Waals surface area contributed by atoms with Crippen molar-refractivity contribution in [2.24, 2.45) is 5.92 Å². The average Bonchev–Trinajstić information content (AvgIpc) is 3.38. The summed E-state index contributed by atoms with van der Waals surface area (Å²) in [5, 5.41) is 3.17. The van der Waals surface area contributed by atoms with Gasteiger partial charge in [0.2, 0.25) is 5.91 Å². The van der Waals surface area contributed by atoms with Crippen LogP contribution in [-0.2, 0) is 17.9 Å². The fraction of sp³-hybridized carbons (Fsp3) is 0.680. The van der Waals surface area contributed by atoms with Crippen LogP contribution in [0.4, 0.5) is 4.79 Å². The van der Waals surface area contributed by atoms with Crippen LogP contribution in [0.5, 0.6) is 0 Å². The molecule has 32 heavy (non-hydrogen) atoms. The van der Waals surface area contributed by atoms with Crippen LogP contribution in [-0.4, -0.2) is 90.4 Å². The van der Waals surface area contributed by atoms with E-state index in [4.69, 9.17) is 0 Å². The van der Waals surface area contributed by atoms with E-state index >= 15 is 0 Å². The third-order valence-electron chi connectivity index (χ3n) is 7.32. The van der Waals surface area contributed by atoms with Crippen LogP contribution in [0.2, 0.25) is 0 Å². The van der Waals surface area contributed by atoms with Crippen LogP contribution in [0.1, 0.15) is 43.7 Å². The second-order valence-electron chi connectivity index (χ2n) is 9.46. The Bertz CT molecular complexity index is 771. The smallest absolute Gasteiger partial charge is 0.320 e. The van der Waals surface area contributed by atoms with Crippen LogP contribution in [0.3, 0.4) is 0 Å². The van der Waals surface area contributed by atoms with Crippen molar-refractivity contribution in [3.8, 4) is 0 Å². The standard InChI is InChI=1S/C25H39N5O2/c1-2-27-14-16-28(17-15-27)19-22-9-4-3-8-21(22)18-26-24(31)23-10-7-13-30(20-23)25(32)29-11-5-6-12-29/h3-4,8-9,23H,2,5-7,10-20H2,1H3,(H,26,31)/t23-/m1/s1. The lowest BCUT2D eigenvalue weighted by Crippen LogP contribution is -2.49. The van der Waals surface area contributed by atoms with Crippen molar-refractivity contribution in [1.29, 1.82) is 0 Å². The molecule has 0 aliphatic carbocycles. The van der Waals surface area contributed by atoms with E-state index in [9.17, 15) is 9.59 Å². The van der Waals surface area contributed by atoms with Crippen LogP contribution >= 0.6 is 0 Å². The zero-order valence-corrected chi connectivity index (χ0v) is 19.6. The molecule has 1 N–H and O–H groups in total. The molecule has 0 bridgehead atoms. The molecule has 3 saturated heterocycles. The third kappa shape index (κ3) is 5.81. The first kappa shape index (κ1) is 23.1. The maximum absolute atomic E-state index is 13.0. The fourth-order valence-corrected chi connectivity index (χ4v) is 5.19. The van der Waals surface area contributed by atoms with Gasteiger partial charge in [-0.25, -0.2) is 4.79 Å². The molecule has 3 aliphatic rings. The summed E-state index contributed by atoms with van der Waals surface area (Å²) in [5.41, 5.74) is 2.49. The monoisotopic (exact) mass is 441 g/mol. The topological polar surface area (TPSA) is 59.1 Å². The second-order valence-corrected chi connectivity index (χ2v) is 9.46. The molecule has 7 nitrogen and oxygen atoms in total. The predicted molar refractivity (Wildman–Crippen MR) is 126 cm³/mol. The van der Waals surface area contributed by atoms with Crippen LogP contribution < -0.4 is 5.32 Å². The first-order valence-corrected chi connectivity index (χ1v) is 12.5. The zero-order valence-electron chi connectivity index (χ0n) is 19.6. The number of carbonyl (C=O) groups is 2. The summed E-state index contributed by atoms with van der Waals surface area (Å²) in [6.45, 7) is 12.3. The number of piperidine rings is 1. The molecule has 0 spiro atoms. The van der Waals surface area contributed by atoms with Crippen LogP contribution in [0.15, 0.2) is 24.3 Å². The average molecular weight is 442 g/mol. The molecule has 176 valence electrons. The number of likely N-dealkylation sites (tertiary alicyclic amines) is 2. The lowest BCUT2D eigenvalue weighted by atomic mass is 9.97. The Labute approximate surface area is 192 Å². The molecule has 3 heterocycles. The van der Waals surface area contributed by atoms with Crippen molar-refractivity contribution >= 4 is 11.9 Å². The quantitative estimate of drug-likeness (QED) is 0.736. The van der Waals surface area contributed by atoms with E-state index in [1.165, 1.54) is 11.1 Å². The lowest BCUT2D eigenvalue weighted by Gasteiger charge is -2.35. The number of amides is 3. The SMILES string of the molecule is CCN1CCN(Cc2ccccc2CNC(=O)[C@@H]2CCCN(C(=O)N3CCCC3)C2)CC1. The number of benzene rings is 1. The molecule has 0 radical (unpaired) electrons. The Balaban J connectivity index is 1.28. The zero-order chi connectivity index (χ0) is 22.3. The molecule has 3 aliphatic heterocycles. The highest BCUT2D eigenvalue weighted by Gasteiger charge is 2.31. The van der Waals surface area contributed by atoms with E-state index in [1.54, 1.807) is 0 Å². The van der Waals surface area contributed by atoms with Crippen LogP contribution in [0, 0.1) is 5.92 Å². The number of hydrogen-bond donors (Lipinski definition) is 1. The number of piperazine rings is 1. The summed E-state index contributed by atoms with van der Waals surface area (Å²) in [5.74, 6) is -0.0279. The van der Waals surface area contributed by atoms with Gasteiger partial charge in [0, 0.05) is 65.4 Å². The number of rotatable bonds is 6. The van der Waals surface area contributed by atoms with Gasteiger partial charge in [-0.05, 0) is 43.4 Å². The van der Waals surface area contributed by atoms with Crippen molar-refractivity contribution in [3.63, 3.8) is 0 Å². The molecular formula is C25H39N5O2. The number of likely N-dealkylation sites (N-methyl/N-ethyl adjacent to an activating group) is 1. The van der Waals surface area contributed by atoms with Gasteiger partial charge in [-0.1, -0.05) is 31.2 Å². The first-order valence-electron chi connectivity index (χ1n) is 12.5. The van der Waals surface area contributed by atoms with E-state index < -0.39 is 0 Å². The summed E-state index contributed by atoms with van der Waals surface area (Å²) >= 11 is 0. The predicted octanol–water partition coefficient (Wildman–Crippen LogP) is 2.37. The molecule has 4 rings (SSSR count). The molecule has 1 aromatic carbocycles. The van der Waals surface area contributed by atoms with Gasteiger partial charge in [0.25, 0.3) is 0 Å². The minimum Gasteiger partial charge on any atom is -0.352 e. The molecule has 0 saturated carbocycles. The minimum atomic E-state index is -0.107. The summed E-state index contributed by atoms with van der Waals surface area (Å²) < 4.78 is 0. The van der Waals surface area contributed by atoms with E-state index in [0.29, 0.717) is 13.1 Å². The van der Waals surface area contributed by atoms with Gasteiger partial charge in [-0.2, -0.15) is 0 Å². The highest BCUT2D eigenvalue weighted by molar-refractivity contribution is 5.81. The van der Waals surface area contributed by atoms with Gasteiger partial charge in [0.15, 0.2) is 0 Å². The Morgan fingerprint density at radius 1 is 0.875 bits per heavy atom. The molecule has 0 aromatic heterocycles. The first-order chi connectivity index (χ1) is 15.6. The maximum atomic E-state index is 13.0. The summed E-state index contributed by atoms with van der Waals surface area (Å²) in [4.78, 5) is 34.5. The van der Waals surface area contributed by atoms with Gasteiger partial charge in [0.1, 0.15) is 0 Å². The number of nitrogens with zero attached hydrogens (tertiary/aromatic N) is 4. The highest BCUT2D eigenvalue weighted by Crippen LogP contribution is 2.20. The molecule has 3 fully saturated rings. The maximum Gasteiger partial charge on any atom is 0.320 e. The number of carbonyl (C=O) groups excluding carboxylic acids is 2. The van der Waals surface area contributed by atoms with E-state index in [1.807, 2.05) is 9.80 Å². The molecule has 7 heteroatoms. The summed E-state index contributed by atoms with van der Waals surface area (Å²) in [6.07, 6.45) is 3.95. The van der Waals surface area contributed by atoms with Gasteiger partial charge in [0.05, 0.1) is 5.92 Å². The summed E-state index contributed by atoms with van der Waals surface area (Å²) in [6, 6.07) is 8.57. The van der Waals surface area contributed by atoms with Gasteiger partial charge < -0.3 is 20.0 Å². The molecule has 1 atom stereocenters. The summed E-state index contributed by atoms with van der Waals surface area (Å²) in [7, 11) is 0. The molecule has 0 unspecified atom stereocenters. The van der Waals surface area contributed by atoms with Crippen molar-refractivity contribution < 1.29 is 9.59 Å². The minimum absolute atomic E-state index is 0.0790. The third-order valence-corrected chi connectivity index (χ3v) is 7.32. The Morgan fingerprint density at radius 3 is 2.25 bits per heavy atom. The number of nitrogens with one attached hydrogen (secondary N) is 1. The van der Waals surface area contributed by atoms with Crippen molar-refractivity contribution in [2.75, 3.05) is 58.9 Å². The lowest BCUT2D eigenvalue weighted by molar-refractivity contribution is -0.126. The van der Waals surface area contributed by atoms with Crippen LogP contribution in [0.25, 0.3) is 0 Å². The molecular weight excluding hydrogens is 402 g/mol. The molecule has 3 amide bonds. The van der Waals surface area contributed by atoms with Crippen molar-refractivity contribution in [2.45, 2.75) is 45.7 Å². The largest absolute Gasteiger partial charge is 0.352 e. The highest BCUT2D eigenvalue weighted by atomic mass is 16.2. The van der Waals surface area contributed by atoms with Gasteiger partial charge >= 0.3 is 6.03 Å². The number of urea groups is 1. The Hall–Kier alpha value is -2.12. The van der Waals surface area contributed by atoms with E-state index in [2.05, 4.69) is 46.3 Å². The van der Waals surface area contributed by atoms with Crippen molar-refractivity contribution in [1.82, 2.24) is 24.9 Å². The van der Waals surface area contributed by atoms with Crippen molar-refractivity contribution in [3.05, 3.63) is 35.4 Å². The molecule has 1 aromatic rings. The Morgan fingerprint density at radius 2 is 1.53 bits per heavy atom. The van der Waals surface area contributed by atoms with E-state index in [0.717, 1.165) is 84.6 Å². The Kier molecular flexibility index (Phi) is 8.03. The number of hydrogen-bond acceptors (Lipinski definition) is 4. The fourth-order valence-electron chi connectivity index (χ4n) is 5.19. The van der Waals surface area contributed by atoms with Gasteiger partial charge in [-0.3, -0.25) is 9.69 Å². The second kappa shape index (κ2) is 11.1. The normalized spacial score (nSPS) is 22.8. The van der Waals surface area contributed by atoms with Gasteiger partial charge in [-0.15, -0.1) is 0 Å².